The Kier molecular flexibility index (Phi) is 13.5. The molecule has 2 aliphatic heterocycles. The highest BCUT2D eigenvalue weighted by atomic mass is 32.2. The molecule has 4 N–H and O–H groups in total. The van der Waals surface area contributed by atoms with Gasteiger partial charge < -0.3 is 16.4 Å². The summed E-state index contributed by atoms with van der Waals surface area (Å²) in [7, 11) is 0. The largest absolute Gasteiger partial charge is 0.330 e. The summed E-state index contributed by atoms with van der Waals surface area (Å²) in [5.74, 6) is 4.69. The van der Waals surface area contributed by atoms with Crippen LogP contribution >= 0.6 is 23.5 Å². The predicted molar refractivity (Wildman–Crippen MR) is 123 cm³/mol. The summed E-state index contributed by atoms with van der Waals surface area (Å²) in [6.07, 6.45) is 1.31. The third kappa shape index (κ3) is 10.7. The Bertz CT molecular complexity index is 347. The van der Waals surface area contributed by atoms with Crippen LogP contribution in [0.15, 0.2) is 0 Å². The fourth-order valence-electron chi connectivity index (χ4n) is 3.71. The van der Waals surface area contributed by atoms with Crippen LogP contribution in [0.5, 0.6) is 0 Å². The first kappa shape index (κ1) is 23.7. The molecule has 0 atom stereocenters. The highest BCUT2D eigenvalue weighted by Crippen LogP contribution is 2.08. The molecule has 0 aromatic carbocycles. The molecule has 2 heterocycles. The average Bonchev–Trinajstić information content (AvgIpc) is 2.71. The van der Waals surface area contributed by atoms with Gasteiger partial charge in [-0.05, 0) is 18.7 Å². The molecule has 0 amide bonds. The minimum atomic E-state index is 0.806. The second-order valence-electron chi connectivity index (χ2n) is 7.52. The fraction of sp³-hybridized carbons (Fsp3) is 1.00. The maximum atomic E-state index is 5.55. The zero-order chi connectivity index (χ0) is 19.2. The summed E-state index contributed by atoms with van der Waals surface area (Å²) in [5, 5.41) is 0. The van der Waals surface area contributed by atoms with E-state index in [-0.39, 0.29) is 0 Å². The second-order valence-corrected chi connectivity index (χ2v) is 9.97. The lowest BCUT2D eigenvalue weighted by Gasteiger charge is -2.38. The summed E-state index contributed by atoms with van der Waals surface area (Å²) in [6, 6.07) is 0. The minimum absolute atomic E-state index is 0.806. The molecule has 0 spiro atoms. The third-order valence-electron chi connectivity index (χ3n) is 5.50. The number of piperazine rings is 2. The minimum Gasteiger partial charge on any atom is -0.330 e. The number of rotatable bonds is 14. The van der Waals surface area contributed by atoms with Crippen molar-refractivity contribution in [3.8, 4) is 0 Å². The molecule has 0 unspecified atom stereocenters. The third-order valence-corrected chi connectivity index (χ3v) is 7.60. The van der Waals surface area contributed by atoms with Crippen molar-refractivity contribution in [3.05, 3.63) is 0 Å². The van der Waals surface area contributed by atoms with Gasteiger partial charge in [0, 0.05) is 102 Å². The summed E-state index contributed by atoms with van der Waals surface area (Å²) in [6.45, 7) is 16.5. The molecule has 0 bridgehead atoms. The molecular formula is C19H42N6S2. The second kappa shape index (κ2) is 15.3. The van der Waals surface area contributed by atoms with E-state index in [4.69, 9.17) is 11.5 Å². The van der Waals surface area contributed by atoms with Crippen LogP contribution in [0.4, 0.5) is 0 Å². The lowest BCUT2D eigenvalue weighted by molar-refractivity contribution is 0.0968. The van der Waals surface area contributed by atoms with Gasteiger partial charge in [-0.1, -0.05) is 0 Å². The molecule has 2 aliphatic rings. The SMILES string of the molecule is NCCSCCCN1CCN(CCN2CCN(CCSCCN)CC2)CC1. The first-order chi connectivity index (χ1) is 13.3. The van der Waals surface area contributed by atoms with E-state index in [1.54, 1.807) is 0 Å². The summed E-state index contributed by atoms with van der Waals surface area (Å²) < 4.78 is 0. The van der Waals surface area contributed by atoms with Crippen LogP contribution in [-0.4, -0.2) is 134 Å². The van der Waals surface area contributed by atoms with Crippen molar-refractivity contribution in [2.75, 3.05) is 115 Å². The Balaban J connectivity index is 1.45. The van der Waals surface area contributed by atoms with E-state index < -0.39 is 0 Å². The van der Waals surface area contributed by atoms with Crippen molar-refractivity contribution in [2.24, 2.45) is 11.5 Å². The Morgan fingerprint density at radius 2 is 0.889 bits per heavy atom. The molecule has 0 saturated carbocycles. The maximum absolute atomic E-state index is 5.55. The Morgan fingerprint density at radius 3 is 1.37 bits per heavy atom. The van der Waals surface area contributed by atoms with Gasteiger partial charge in [0.15, 0.2) is 0 Å². The summed E-state index contributed by atoms with van der Waals surface area (Å²) in [4.78, 5) is 10.6. The lowest BCUT2D eigenvalue weighted by atomic mass is 10.2. The lowest BCUT2D eigenvalue weighted by Crippen LogP contribution is -2.51. The van der Waals surface area contributed by atoms with Gasteiger partial charge in [-0.15, -0.1) is 0 Å². The molecule has 2 rings (SSSR count). The van der Waals surface area contributed by atoms with Crippen LogP contribution in [0.3, 0.4) is 0 Å². The first-order valence-electron chi connectivity index (χ1n) is 10.8. The molecule has 2 saturated heterocycles. The number of nitrogens with two attached hydrogens (primary N) is 2. The van der Waals surface area contributed by atoms with E-state index in [2.05, 4.69) is 19.6 Å². The molecule has 6 nitrogen and oxygen atoms in total. The number of hydrogen-bond donors (Lipinski definition) is 2. The smallest absolute Gasteiger partial charge is 0.0110 e. The highest BCUT2D eigenvalue weighted by molar-refractivity contribution is 7.99. The Morgan fingerprint density at radius 1 is 0.481 bits per heavy atom. The van der Waals surface area contributed by atoms with Gasteiger partial charge in [-0.25, -0.2) is 0 Å². The van der Waals surface area contributed by atoms with Crippen LogP contribution in [0.25, 0.3) is 0 Å². The molecule has 27 heavy (non-hydrogen) atoms. The first-order valence-corrected chi connectivity index (χ1v) is 13.1. The van der Waals surface area contributed by atoms with E-state index in [1.807, 2.05) is 23.5 Å². The maximum Gasteiger partial charge on any atom is 0.0110 e. The molecule has 8 heteroatoms. The van der Waals surface area contributed by atoms with Crippen LogP contribution in [-0.2, 0) is 0 Å². The molecule has 0 aromatic heterocycles. The molecule has 160 valence electrons. The van der Waals surface area contributed by atoms with Crippen LogP contribution in [0.2, 0.25) is 0 Å². The average molecular weight is 419 g/mol. The normalized spacial score (nSPS) is 21.1. The number of thioether (sulfide) groups is 2. The monoisotopic (exact) mass is 418 g/mol. The van der Waals surface area contributed by atoms with E-state index in [1.165, 1.54) is 96.5 Å². The number of nitrogens with zero attached hydrogens (tertiary/aromatic N) is 4. The van der Waals surface area contributed by atoms with Gasteiger partial charge >= 0.3 is 0 Å². The van der Waals surface area contributed by atoms with E-state index >= 15 is 0 Å². The van der Waals surface area contributed by atoms with Gasteiger partial charge in [-0.3, -0.25) is 14.7 Å². The van der Waals surface area contributed by atoms with Crippen molar-refractivity contribution < 1.29 is 0 Å². The molecule has 0 aliphatic carbocycles. The van der Waals surface area contributed by atoms with Crippen molar-refractivity contribution in [2.45, 2.75) is 6.42 Å². The van der Waals surface area contributed by atoms with E-state index in [0.717, 1.165) is 24.6 Å². The standard InChI is InChI=1S/C19H42N6S2/c20-2-17-26-16-1-4-22-5-7-23(8-6-22)9-10-24-11-13-25(14-12-24)15-19-27-18-3-21/h1-21H2. The quantitative estimate of drug-likeness (QED) is 0.382. The van der Waals surface area contributed by atoms with Crippen molar-refractivity contribution in [1.29, 1.82) is 0 Å². The Hall–Kier alpha value is 0.460. The number of hydrogen-bond acceptors (Lipinski definition) is 8. The van der Waals surface area contributed by atoms with Crippen molar-refractivity contribution >= 4 is 23.5 Å². The molecule has 2 fully saturated rings. The fourth-order valence-corrected chi connectivity index (χ4v) is 5.17. The van der Waals surface area contributed by atoms with Gasteiger partial charge in [0.25, 0.3) is 0 Å². The van der Waals surface area contributed by atoms with E-state index in [9.17, 15) is 0 Å². The van der Waals surface area contributed by atoms with Crippen LogP contribution in [0, 0.1) is 0 Å². The van der Waals surface area contributed by atoms with Gasteiger partial charge in [-0.2, -0.15) is 23.5 Å². The highest BCUT2D eigenvalue weighted by Gasteiger charge is 2.19. The molecule has 0 radical (unpaired) electrons. The van der Waals surface area contributed by atoms with Gasteiger partial charge in [0.1, 0.15) is 0 Å². The topological polar surface area (TPSA) is 65.0 Å². The summed E-state index contributed by atoms with van der Waals surface area (Å²) in [5.41, 5.74) is 11.1. The van der Waals surface area contributed by atoms with Gasteiger partial charge in [0.05, 0.1) is 0 Å². The molecule has 0 aromatic rings. The zero-order valence-corrected chi connectivity index (χ0v) is 18.8. The van der Waals surface area contributed by atoms with Crippen molar-refractivity contribution in [3.63, 3.8) is 0 Å². The predicted octanol–water partition coefficient (Wildman–Crippen LogP) is -0.00450. The van der Waals surface area contributed by atoms with Crippen LogP contribution in [0.1, 0.15) is 6.42 Å². The van der Waals surface area contributed by atoms with Crippen LogP contribution < -0.4 is 11.5 Å². The summed E-state index contributed by atoms with van der Waals surface area (Å²) >= 11 is 3.98. The zero-order valence-electron chi connectivity index (χ0n) is 17.2. The van der Waals surface area contributed by atoms with Gasteiger partial charge in [0.2, 0.25) is 0 Å². The Labute approximate surface area is 175 Å². The van der Waals surface area contributed by atoms with E-state index in [0.29, 0.717) is 0 Å². The molecular weight excluding hydrogens is 376 g/mol. The van der Waals surface area contributed by atoms with Crippen molar-refractivity contribution in [1.82, 2.24) is 19.6 Å².